The highest BCUT2D eigenvalue weighted by atomic mass is 16.4. The molecule has 0 atom stereocenters. The second-order valence-electron chi connectivity index (χ2n) is 2.45. The third-order valence-corrected chi connectivity index (χ3v) is 1.48. The predicted octanol–water partition coefficient (Wildman–Crippen LogP) is -0.118. The van der Waals surface area contributed by atoms with E-state index in [2.05, 4.69) is 5.10 Å². The Morgan fingerprint density at radius 3 is 2.83 bits per heavy atom. The highest BCUT2D eigenvalue weighted by Crippen LogP contribution is 2.04. The number of carbonyl (C=O) groups is 1. The molecule has 5 heteroatoms. The van der Waals surface area contributed by atoms with E-state index in [1.165, 1.54) is 4.68 Å². The van der Waals surface area contributed by atoms with Gasteiger partial charge in [0, 0.05) is 11.8 Å². The monoisotopic (exact) mass is 170 g/mol. The molecule has 0 unspecified atom stereocenters. The van der Waals surface area contributed by atoms with E-state index in [0.717, 1.165) is 0 Å². The molecule has 0 aliphatic carbocycles. The Balaban J connectivity index is 2.92. The predicted molar refractivity (Wildman–Crippen MR) is 41.0 cm³/mol. The van der Waals surface area contributed by atoms with Crippen molar-refractivity contribution < 1.29 is 15.0 Å². The summed E-state index contributed by atoms with van der Waals surface area (Å²) in [5, 5.41) is 20.9. The Morgan fingerprint density at radius 1 is 1.75 bits per heavy atom. The minimum atomic E-state index is -1.04. The number of carboxylic acid groups (broad SMARTS) is 1. The number of hydrogen-bond acceptors (Lipinski definition) is 3. The molecule has 2 N–H and O–H groups in total. The van der Waals surface area contributed by atoms with Gasteiger partial charge in [-0.15, -0.1) is 0 Å². The number of aromatic nitrogens is 2. The molecule has 0 bridgehead atoms. The van der Waals surface area contributed by atoms with E-state index >= 15 is 0 Å². The van der Waals surface area contributed by atoms with Gasteiger partial charge in [-0.2, -0.15) is 5.10 Å². The standard InChI is InChI=1S/C7H10N2O3/c1-5-4-9(2-3-10)8-6(5)7(11)12/h4,10H,2-3H2,1H3,(H,11,12). The maximum absolute atomic E-state index is 10.5. The lowest BCUT2D eigenvalue weighted by Crippen LogP contribution is -2.05. The fourth-order valence-electron chi connectivity index (χ4n) is 0.949. The van der Waals surface area contributed by atoms with Gasteiger partial charge < -0.3 is 10.2 Å². The van der Waals surface area contributed by atoms with Crippen LogP contribution in [0.25, 0.3) is 0 Å². The molecule has 1 aromatic heterocycles. The molecule has 0 aromatic carbocycles. The van der Waals surface area contributed by atoms with Crippen LogP contribution in [0, 0.1) is 6.92 Å². The zero-order valence-electron chi connectivity index (χ0n) is 6.69. The van der Waals surface area contributed by atoms with Crippen molar-refractivity contribution in [2.24, 2.45) is 0 Å². The number of aryl methyl sites for hydroxylation is 1. The SMILES string of the molecule is Cc1cn(CCO)nc1C(=O)O. The zero-order valence-corrected chi connectivity index (χ0v) is 6.69. The number of hydrogen-bond donors (Lipinski definition) is 2. The van der Waals surface area contributed by atoms with Crippen molar-refractivity contribution >= 4 is 5.97 Å². The number of carboxylic acids is 1. The van der Waals surface area contributed by atoms with E-state index in [1.54, 1.807) is 13.1 Å². The van der Waals surface area contributed by atoms with Crippen molar-refractivity contribution in [3.8, 4) is 0 Å². The van der Waals surface area contributed by atoms with Crippen LogP contribution in [0.5, 0.6) is 0 Å². The van der Waals surface area contributed by atoms with Gasteiger partial charge in [0.2, 0.25) is 0 Å². The van der Waals surface area contributed by atoms with Crippen molar-refractivity contribution in [3.05, 3.63) is 17.5 Å². The first-order valence-electron chi connectivity index (χ1n) is 3.53. The van der Waals surface area contributed by atoms with Gasteiger partial charge in [0.05, 0.1) is 13.2 Å². The highest BCUT2D eigenvalue weighted by molar-refractivity contribution is 5.86. The first-order valence-corrected chi connectivity index (χ1v) is 3.53. The molecule has 5 nitrogen and oxygen atoms in total. The number of nitrogens with zero attached hydrogens (tertiary/aromatic N) is 2. The van der Waals surface area contributed by atoms with Gasteiger partial charge in [-0.3, -0.25) is 4.68 Å². The molecule has 0 spiro atoms. The van der Waals surface area contributed by atoms with Gasteiger partial charge in [0.25, 0.3) is 0 Å². The molecule has 0 aliphatic rings. The van der Waals surface area contributed by atoms with E-state index in [9.17, 15) is 4.79 Å². The van der Waals surface area contributed by atoms with Crippen molar-refractivity contribution in [1.82, 2.24) is 9.78 Å². The Hall–Kier alpha value is -1.36. The molecule has 1 heterocycles. The summed E-state index contributed by atoms with van der Waals surface area (Å²) in [6, 6.07) is 0. The van der Waals surface area contributed by atoms with Gasteiger partial charge in [-0.1, -0.05) is 0 Å². The summed E-state index contributed by atoms with van der Waals surface area (Å²) in [7, 11) is 0. The quantitative estimate of drug-likeness (QED) is 0.663. The highest BCUT2D eigenvalue weighted by Gasteiger charge is 2.11. The summed E-state index contributed by atoms with van der Waals surface area (Å²) in [6.07, 6.45) is 1.60. The fraction of sp³-hybridized carbons (Fsp3) is 0.429. The van der Waals surface area contributed by atoms with Crippen LogP contribution in [0.15, 0.2) is 6.20 Å². The smallest absolute Gasteiger partial charge is 0.356 e. The summed E-state index contributed by atoms with van der Waals surface area (Å²) in [5.41, 5.74) is 0.652. The summed E-state index contributed by atoms with van der Waals surface area (Å²) in [5.74, 6) is -1.04. The van der Waals surface area contributed by atoms with Crippen molar-refractivity contribution in [3.63, 3.8) is 0 Å². The second-order valence-corrected chi connectivity index (χ2v) is 2.45. The van der Waals surface area contributed by atoms with Gasteiger partial charge in [-0.25, -0.2) is 4.79 Å². The molecule has 0 radical (unpaired) electrons. The third-order valence-electron chi connectivity index (χ3n) is 1.48. The van der Waals surface area contributed by atoms with Crippen molar-refractivity contribution in [1.29, 1.82) is 0 Å². The normalized spacial score (nSPS) is 10.2. The van der Waals surface area contributed by atoms with E-state index < -0.39 is 5.97 Å². The van der Waals surface area contributed by atoms with Crippen molar-refractivity contribution in [2.75, 3.05) is 6.61 Å². The Bertz CT molecular complexity index is 293. The first kappa shape index (κ1) is 8.73. The van der Waals surface area contributed by atoms with Gasteiger partial charge in [-0.05, 0) is 6.92 Å². The van der Waals surface area contributed by atoms with E-state index in [4.69, 9.17) is 10.2 Å². The molecule has 0 fully saturated rings. The summed E-state index contributed by atoms with van der Waals surface area (Å²) in [6.45, 7) is 1.96. The van der Waals surface area contributed by atoms with Crippen LogP contribution in [0.2, 0.25) is 0 Å². The van der Waals surface area contributed by atoms with Crippen LogP contribution < -0.4 is 0 Å². The Labute approximate surface area is 69.2 Å². The average molecular weight is 170 g/mol. The van der Waals surface area contributed by atoms with Crippen LogP contribution in [0.3, 0.4) is 0 Å². The number of aliphatic hydroxyl groups is 1. The second kappa shape index (κ2) is 3.36. The molecule has 0 amide bonds. The largest absolute Gasteiger partial charge is 0.476 e. The van der Waals surface area contributed by atoms with E-state index in [-0.39, 0.29) is 12.3 Å². The summed E-state index contributed by atoms with van der Waals surface area (Å²) in [4.78, 5) is 10.5. The minimum Gasteiger partial charge on any atom is -0.476 e. The maximum atomic E-state index is 10.5. The first-order chi connectivity index (χ1) is 5.65. The van der Waals surface area contributed by atoms with Crippen LogP contribution in [-0.4, -0.2) is 32.6 Å². The maximum Gasteiger partial charge on any atom is 0.356 e. The minimum absolute atomic E-state index is 0.0415. The zero-order chi connectivity index (χ0) is 9.14. The average Bonchev–Trinajstić information content (AvgIpc) is 2.32. The van der Waals surface area contributed by atoms with Gasteiger partial charge in [0.15, 0.2) is 5.69 Å². The molecule has 1 rings (SSSR count). The van der Waals surface area contributed by atoms with Crippen LogP contribution >= 0.6 is 0 Å². The molecule has 0 saturated heterocycles. The van der Waals surface area contributed by atoms with Gasteiger partial charge >= 0.3 is 5.97 Å². The lowest BCUT2D eigenvalue weighted by molar-refractivity contribution is 0.0688. The fourth-order valence-corrected chi connectivity index (χ4v) is 0.949. The number of aliphatic hydroxyl groups excluding tert-OH is 1. The van der Waals surface area contributed by atoms with Crippen LogP contribution in [0.4, 0.5) is 0 Å². The number of rotatable bonds is 3. The lowest BCUT2D eigenvalue weighted by Gasteiger charge is -1.93. The third kappa shape index (κ3) is 1.62. The summed E-state index contributed by atoms with van der Waals surface area (Å²) >= 11 is 0. The molecule has 12 heavy (non-hydrogen) atoms. The molecular weight excluding hydrogens is 160 g/mol. The molecule has 0 aliphatic heterocycles. The van der Waals surface area contributed by atoms with E-state index in [1.807, 2.05) is 0 Å². The number of aromatic carboxylic acids is 1. The Kier molecular flexibility index (Phi) is 2.44. The van der Waals surface area contributed by atoms with Crippen molar-refractivity contribution in [2.45, 2.75) is 13.5 Å². The van der Waals surface area contributed by atoms with E-state index in [0.29, 0.717) is 12.1 Å². The topological polar surface area (TPSA) is 75.3 Å². The van der Waals surface area contributed by atoms with Gasteiger partial charge in [0.1, 0.15) is 0 Å². The molecule has 1 aromatic rings. The summed E-state index contributed by atoms with van der Waals surface area (Å²) < 4.78 is 1.42. The van der Waals surface area contributed by atoms with Crippen LogP contribution in [-0.2, 0) is 6.54 Å². The lowest BCUT2D eigenvalue weighted by atomic mass is 10.3. The Morgan fingerprint density at radius 2 is 2.42 bits per heavy atom. The molecule has 0 saturated carbocycles. The molecule has 66 valence electrons. The molecular formula is C7H10N2O3. The van der Waals surface area contributed by atoms with Crippen LogP contribution in [0.1, 0.15) is 16.1 Å².